The van der Waals surface area contributed by atoms with Crippen molar-refractivity contribution >= 4 is 18.3 Å². The predicted molar refractivity (Wildman–Crippen MR) is 88.9 cm³/mol. The summed E-state index contributed by atoms with van der Waals surface area (Å²) in [5, 5.41) is 3.15. The Kier molecular flexibility index (Phi) is 7.69. The molecule has 1 amide bonds. The van der Waals surface area contributed by atoms with E-state index in [-0.39, 0.29) is 35.7 Å². The molecule has 1 aromatic carbocycles. The highest BCUT2D eigenvalue weighted by Gasteiger charge is 2.30. The summed E-state index contributed by atoms with van der Waals surface area (Å²) in [6.45, 7) is 1.03. The van der Waals surface area contributed by atoms with Crippen molar-refractivity contribution in [1.82, 2.24) is 10.2 Å². The van der Waals surface area contributed by atoms with Gasteiger partial charge in [0, 0.05) is 19.5 Å². The maximum Gasteiger partial charge on any atom is 0.387 e. The van der Waals surface area contributed by atoms with E-state index in [2.05, 4.69) is 10.1 Å². The van der Waals surface area contributed by atoms with Crippen molar-refractivity contribution in [1.29, 1.82) is 0 Å². The molecule has 0 aromatic heterocycles. The first kappa shape index (κ1) is 20.4. The number of carbonyl (C=O) groups is 1. The van der Waals surface area contributed by atoms with E-state index in [1.54, 1.807) is 24.1 Å². The van der Waals surface area contributed by atoms with Crippen LogP contribution in [-0.2, 0) is 11.3 Å². The van der Waals surface area contributed by atoms with Crippen LogP contribution >= 0.6 is 12.4 Å². The predicted octanol–water partition coefficient (Wildman–Crippen LogP) is 2.53. The van der Waals surface area contributed by atoms with Gasteiger partial charge in [-0.1, -0.05) is 13.0 Å². The lowest BCUT2D eigenvalue weighted by Gasteiger charge is -2.34. The van der Waals surface area contributed by atoms with E-state index in [9.17, 15) is 13.6 Å². The summed E-state index contributed by atoms with van der Waals surface area (Å²) < 4.78 is 34.4. The standard InChI is InChI=1S/C16H22F2N2O3.ClH/c1-10(12-7-19-8-12)15(21)20(2)9-11-4-5-13(22-3)14(6-11)23-16(17)18;/h4-6,10,12,16,19H,7-9H2,1-3H3;1H. The molecule has 1 N–H and O–H groups in total. The molecule has 0 aliphatic carbocycles. The molecule has 8 heteroatoms. The fourth-order valence-electron chi connectivity index (χ4n) is 2.57. The summed E-state index contributed by atoms with van der Waals surface area (Å²) in [5.41, 5.74) is 0.705. The fourth-order valence-corrected chi connectivity index (χ4v) is 2.57. The minimum absolute atomic E-state index is 0. The third-order valence-corrected chi connectivity index (χ3v) is 4.15. The Morgan fingerprint density at radius 1 is 1.38 bits per heavy atom. The molecule has 1 fully saturated rings. The molecule has 2 rings (SSSR count). The van der Waals surface area contributed by atoms with Gasteiger partial charge in [0.15, 0.2) is 11.5 Å². The normalized spacial score (nSPS) is 15.2. The molecule has 0 spiro atoms. The summed E-state index contributed by atoms with van der Waals surface area (Å²) in [6.07, 6.45) is 0. The van der Waals surface area contributed by atoms with Crippen LogP contribution in [0.4, 0.5) is 8.78 Å². The first-order valence-corrected chi connectivity index (χ1v) is 7.49. The second-order valence-corrected chi connectivity index (χ2v) is 5.77. The number of methoxy groups -OCH3 is 1. The molecular weight excluding hydrogens is 342 g/mol. The summed E-state index contributed by atoms with van der Waals surface area (Å²) in [6, 6.07) is 4.77. The second kappa shape index (κ2) is 9.03. The van der Waals surface area contributed by atoms with Crippen molar-refractivity contribution in [2.75, 3.05) is 27.2 Å². The van der Waals surface area contributed by atoms with Gasteiger partial charge in [-0.15, -0.1) is 12.4 Å². The van der Waals surface area contributed by atoms with Crippen molar-refractivity contribution < 1.29 is 23.0 Å². The Hall–Kier alpha value is -1.60. The van der Waals surface area contributed by atoms with E-state index in [1.807, 2.05) is 6.92 Å². The van der Waals surface area contributed by atoms with Crippen LogP contribution in [0, 0.1) is 11.8 Å². The van der Waals surface area contributed by atoms with E-state index in [1.165, 1.54) is 13.2 Å². The van der Waals surface area contributed by atoms with Crippen molar-refractivity contribution in [3.63, 3.8) is 0 Å². The van der Waals surface area contributed by atoms with Crippen LogP contribution in [0.3, 0.4) is 0 Å². The molecule has 0 bridgehead atoms. The average Bonchev–Trinajstić information content (AvgIpc) is 2.44. The van der Waals surface area contributed by atoms with Gasteiger partial charge in [-0.2, -0.15) is 8.78 Å². The summed E-state index contributed by atoms with van der Waals surface area (Å²) >= 11 is 0. The monoisotopic (exact) mass is 364 g/mol. The van der Waals surface area contributed by atoms with Gasteiger partial charge in [0.05, 0.1) is 7.11 Å². The number of ether oxygens (including phenoxy) is 2. The SMILES string of the molecule is COc1ccc(CN(C)C(=O)C(C)C2CNC2)cc1OC(F)F.Cl. The number of hydrogen-bond donors (Lipinski definition) is 1. The molecule has 1 aliphatic rings. The summed E-state index contributed by atoms with van der Waals surface area (Å²) in [7, 11) is 3.10. The maximum absolute atomic E-state index is 12.5. The number of benzene rings is 1. The lowest BCUT2D eigenvalue weighted by Crippen LogP contribution is -2.49. The molecule has 0 saturated carbocycles. The van der Waals surface area contributed by atoms with Gasteiger partial charge in [0.2, 0.25) is 5.91 Å². The van der Waals surface area contributed by atoms with Crippen LogP contribution in [0.25, 0.3) is 0 Å². The van der Waals surface area contributed by atoms with Crippen LogP contribution in [-0.4, -0.2) is 44.7 Å². The quantitative estimate of drug-likeness (QED) is 0.807. The van der Waals surface area contributed by atoms with Crippen LogP contribution in [0.1, 0.15) is 12.5 Å². The van der Waals surface area contributed by atoms with E-state index in [0.29, 0.717) is 18.0 Å². The van der Waals surface area contributed by atoms with Crippen molar-refractivity contribution in [3.8, 4) is 11.5 Å². The largest absolute Gasteiger partial charge is 0.493 e. The Labute approximate surface area is 146 Å². The molecule has 0 radical (unpaired) electrons. The summed E-state index contributed by atoms with van der Waals surface area (Å²) in [5.74, 6) is 0.549. The second-order valence-electron chi connectivity index (χ2n) is 5.77. The number of alkyl halides is 2. The van der Waals surface area contributed by atoms with Crippen molar-refractivity contribution in [2.24, 2.45) is 11.8 Å². The number of carbonyl (C=O) groups excluding carboxylic acids is 1. The van der Waals surface area contributed by atoms with E-state index in [0.717, 1.165) is 13.1 Å². The molecule has 1 saturated heterocycles. The number of nitrogens with one attached hydrogen (secondary N) is 1. The number of nitrogens with zero attached hydrogens (tertiary/aromatic N) is 1. The highest BCUT2D eigenvalue weighted by Crippen LogP contribution is 2.30. The smallest absolute Gasteiger partial charge is 0.387 e. The van der Waals surface area contributed by atoms with Crippen molar-refractivity contribution in [2.45, 2.75) is 20.1 Å². The first-order valence-electron chi connectivity index (χ1n) is 7.49. The van der Waals surface area contributed by atoms with E-state index < -0.39 is 6.61 Å². The number of rotatable bonds is 7. The highest BCUT2D eigenvalue weighted by molar-refractivity contribution is 5.85. The Bertz CT molecular complexity index is 556. The first-order chi connectivity index (χ1) is 10.9. The fraction of sp³-hybridized carbons (Fsp3) is 0.562. The molecule has 1 aliphatic heterocycles. The topological polar surface area (TPSA) is 50.8 Å². The molecule has 24 heavy (non-hydrogen) atoms. The molecule has 5 nitrogen and oxygen atoms in total. The zero-order valence-electron chi connectivity index (χ0n) is 13.9. The minimum Gasteiger partial charge on any atom is -0.493 e. The molecule has 1 aromatic rings. The molecule has 1 atom stereocenters. The van der Waals surface area contributed by atoms with Gasteiger partial charge in [-0.05, 0) is 36.7 Å². The Morgan fingerprint density at radius 3 is 2.54 bits per heavy atom. The number of halogens is 3. The van der Waals surface area contributed by atoms with Gasteiger partial charge < -0.3 is 19.7 Å². The van der Waals surface area contributed by atoms with Crippen LogP contribution in [0.15, 0.2) is 18.2 Å². The molecule has 136 valence electrons. The van der Waals surface area contributed by atoms with Gasteiger partial charge in [0.1, 0.15) is 0 Å². The lowest BCUT2D eigenvalue weighted by atomic mass is 9.88. The molecular formula is C16H23ClF2N2O3. The third-order valence-electron chi connectivity index (χ3n) is 4.15. The summed E-state index contributed by atoms with van der Waals surface area (Å²) in [4.78, 5) is 14.0. The van der Waals surface area contributed by atoms with Gasteiger partial charge in [-0.25, -0.2) is 0 Å². The Balaban J connectivity index is 0.00000288. The number of amides is 1. The maximum atomic E-state index is 12.5. The molecule has 1 heterocycles. The Morgan fingerprint density at radius 2 is 2.04 bits per heavy atom. The zero-order chi connectivity index (χ0) is 17.0. The van der Waals surface area contributed by atoms with Crippen molar-refractivity contribution in [3.05, 3.63) is 23.8 Å². The van der Waals surface area contributed by atoms with E-state index in [4.69, 9.17) is 4.74 Å². The average molecular weight is 365 g/mol. The number of hydrogen-bond acceptors (Lipinski definition) is 4. The lowest BCUT2D eigenvalue weighted by molar-refractivity contribution is -0.136. The molecule has 1 unspecified atom stereocenters. The van der Waals surface area contributed by atoms with Crippen LogP contribution < -0.4 is 14.8 Å². The van der Waals surface area contributed by atoms with Crippen LogP contribution in [0.5, 0.6) is 11.5 Å². The van der Waals surface area contributed by atoms with E-state index >= 15 is 0 Å². The zero-order valence-corrected chi connectivity index (χ0v) is 14.7. The van der Waals surface area contributed by atoms with Crippen LogP contribution in [0.2, 0.25) is 0 Å². The van der Waals surface area contributed by atoms with Gasteiger partial charge in [0.25, 0.3) is 0 Å². The van der Waals surface area contributed by atoms with Gasteiger partial charge in [-0.3, -0.25) is 4.79 Å². The third kappa shape index (κ3) is 4.95. The van der Waals surface area contributed by atoms with Gasteiger partial charge >= 0.3 is 6.61 Å². The highest BCUT2D eigenvalue weighted by atomic mass is 35.5. The minimum atomic E-state index is -2.93.